The average Bonchev–Trinajstić information content (AvgIpc) is 2.65. The van der Waals surface area contributed by atoms with Gasteiger partial charge in [0, 0.05) is 5.41 Å². The van der Waals surface area contributed by atoms with Crippen molar-refractivity contribution in [2.24, 2.45) is 11.3 Å². The molecular weight excluding hydrogens is 200 g/mol. The lowest BCUT2D eigenvalue weighted by Gasteiger charge is -2.40. The van der Waals surface area contributed by atoms with Crippen LogP contribution in [0.2, 0.25) is 0 Å². The van der Waals surface area contributed by atoms with Crippen molar-refractivity contribution in [3.8, 4) is 11.8 Å². The summed E-state index contributed by atoms with van der Waals surface area (Å²) in [6.07, 6.45) is 3.78. The zero-order valence-electron chi connectivity index (χ0n) is 10.9. The van der Waals surface area contributed by atoms with Crippen LogP contribution >= 0.6 is 0 Å². The van der Waals surface area contributed by atoms with Gasteiger partial charge in [-0.25, -0.2) is 0 Å². The summed E-state index contributed by atoms with van der Waals surface area (Å²) in [4.78, 5) is 0. The van der Waals surface area contributed by atoms with Gasteiger partial charge in [-0.1, -0.05) is 45.5 Å². The molecule has 0 amide bonds. The Balaban J connectivity index is 2.98. The molecule has 16 heavy (non-hydrogen) atoms. The van der Waals surface area contributed by atoms with E-state index in [4.69, 9.17) is 0 Å². The van der Waals surface area contributed by atoms with Crippen LogP contribution in [0.25, 0.3) is 0 Å². The second-order valence-corrected chi connectivity index (χ2v) is 5.94. The van der Waals surface area contributed by atoms with Gasteiger partial charge in [0.1, 0.15) is 11.7 Å². The number of rotatable bonds is 1. The minimum Gasteiger partial charge on any atom is -0.381 e. The molecule has 0 bridgehead atoms. The molecule has 1 fully saturated rings. The lowest BCUT2D eigenvalue weighted by Crippen LogP contribution is -2.47. The van der Waals surface area contributed by atoms with Crippen LogP contribution in [0.1, 0.15) is 53.4 Å². The second kappa shape index (κ2) is 4.77. The summed E-state index contributed by atoms with van der Waals surface area (Å²) >= 11 is 0. The van der Waals surface area contributed by atoms with Crippen LogP contribution in [0.5, 0.6) is 0 Å². The van der Waals surface area contributed by atoms with Crippen molar-refractivity contribution in [3.05, 3.63) is 0 Å². The minimum absolute atomic E-state index is 0.249. The number of hydrogen-bond donors (Lipinski definition) is 2. The molecule has 2 N–H and O–H groups in total. The summed E-state index contributed by atoms with van der Waals surface area (Å²) in [5.41, 5.74) is -1.25. The van der Waals surface area contributed by atoms with Crippen LogP contribution in [0.4, 0.5) is 0 Å². The fourth-order valence-electron chi connectivity index (χ4n) is 2.46. The van der Waals surface area contributed by atoms with Gasteiger partial charge >= 0.3 is 0 Å². The first-order valence-corrected chi connectivity index (χ1v) is 6.20. The van der Waals surface area contributed by atoms with Gasteiger partial charge in [-0.05, 0) is 25.7 Å². The minimum atomic E-state index is -0.972. The van der Waals surface area contributed by atoms with E-state index in [1.54, 1.807) is 6.92 Å². The van der Waals surface area contributed by atoms with E-state index in [2.05, 4.69) is 11.8 Å². The molecule has 1 rings (SSSR count). The standard InChI is InChI=1S/C14H24O2/c1-11(15)9-10-14(16,13(2,3)4)12-7-5-6-8-12/h11-12,15-16H,5-8H2,1-4H3. The zero-order valence-corrected chi connectivity index (χ0v) is 10.9. The summed E-state index contributed by atoms with van der Waals surface area (Å²) in [6, 6.07) is 0. The van der Waals surface area contributed by atoms with Gasteiger partial charge in [0.05, 0.1) is 0 Å². The van der Waals surface area contributed by atoms with Crippen LogP contribution < -0.4 is 0 Å². The van der Waals surface area contributed by atoms with Gasteiger partial charge in [-0.2, -0.15) is 0 Å². The molecular formula is C14H24O2. The maximum atomic E-state index is 10.8. The fraction of sp³-hybridized carbons (Fsp3) is 0.857. The first kappa shape index (κ1) is 13.5. The maximum absolute atomic E-state index is 10.8. The molecule has 0 aromatic heterocycles. The zero-order chi connectivity index (χ0) is 12.4. The highest BCUT2D eigenvalue weighted by Crippen LogP contribution is 2.43. The highest BCUT2D eigenvalue weighted by atomic mass is 16.3. The van der Waals surface area contributed by atoms with E-state index in [0.29, 0.717) is 0 Å². The van der Waals surface area contributed by atoms with Crippen molar-refractivity contribution in [2.45, 2.75) is 65.1 Å². The van der Waals surface area contributed by atoms with E-state index in [1.165, 1.54) is 12.8 Å². The fourth-order valence-corrected chi connectivity index (χ4v) is 2.46. The third-order valence-corrected chi connectivity index (χ3v) is 3.56. The lowest BCUT2D eigenvalue weighted by molar-refractivity contribution is -0.0523. The molecule has 2 unspecified atom stereocenters. The van der Waals surface area contributed by atoms with Crippen molar-refractivity contribution >= 4 is 0 Å². The second-order valence-electron chi connectivity index (χ2n) is 5.94. The van der Waals surface area contributed by atoms with E-state index in [0.717, 1.165) is 12.8 Å². The Labute approximate surface area is 99.1 Å². The largest absolute Gasteiger partial charge is 0.381 e. The molecule has 0 aromatic rings. The Bertz CT molecular complexity index is 284. The summed E-state index contributed by atoms with van der Waals surface area (Å²) in [6.45, 7) is 7.68. The highest BCUT2D eigenvalue weighted by molar-refractivity contribution is 5.22. The number of hydrogen-bond acceptors (Lipinski definition) is 2. The molecule has 0 spiro atoms. The van der Waals surface area contributed by atoms with Crippen molar-refractivity contribution in [1.29, 1.82) is 0 Å². The van der Waals surface area contributed by atoms with E-state index in [9.17, 15) is 10.2 Å². The molecule has 1 aliphatic rings. The molecule has 92 valence electrons. The summed E-state index contributed by atoms with van der Waals surface area (Å²) in [7, 11) is 0. The molecule has 2 atom stereocenters. The summed E-state index contributed by atoms with van der Waals surface area (Å²) in [5.74, 6) is 5.91. The highest BCUT2D eigenvalue weighted by Gasteiger charge is 2.46. The van der Waals surface area contributed by atoms with Crippen LogP contribution in [-0.4, -0.2) is 21.9 Å². The third kappa shape index (κ3) is 2.78. The smallest absolute Gasteiger partial charge is 0.133 e. The van der Waals surface area contributed by atoms with Gasteiger partial charge in [-0.15, -0.1) is 0 Å². The predicted octanol–water partition coefficient (Wildman–Crippen LogP) is 2.34. The van der Waals surface area contributed by atoms with Crippen molar-refractivity contribution in [3.63, 3.8) is 0 Å². The normalized spacial score (nSPS) is 23.4. The molecule has 0 saturated heterocycles. The van der Waals surface area contributed by atoms with Gasteiger partial charge in [0.2, 0.25) is 0 Å². The Morgan fingerprint density at radius 2 is 1.69 bits per heavy atom. The SMILES string of the molecule is CC(O)C#CC(O)(C1CCCC1)C(C)(C)C. The average molecular weight is 224 g/mol. The molecule has 0 radical (unpaired) electrons. The Morgan fingerprint density at radius 3 is 2.06 bits per heavy atom. The molecule has 2 nitrogen and oxygen atoms in total. The molecule has 2 heteroatoms. The van der Waals surface area contributed by atoms with Crippen molar-refractivity contribution in [1.82, 2.24) is 0 Å². The van der Waals surface area contributed by atoms with E-state index >= 15 is 0 Å². The monoisotopic (exact) mass is 224 g/mol. The quantitative estimate of drug-likeness (QED) is 0.671. The molecule has 1 saturated carbocycles. The topological polar surface area (TPSA) is 40.5 Å². The van der Waals surface area contributed by atoms with E-state index < -0.39 is 11.7 Å². The Morgan fingerprint density at radius 1 is 1.19 bits per heavy atom. The molecule has 0 aliphatic heterocycles. The van der Waals surface area contributed by atoms with Crippen molar-refractivity contribution < 1.29 is 10.2 Å². The van der Waals surface area contributed by atoms with Gasteiger partial charge in [0.15, 0.2) is 0 Å². The van der Waals surface area contributed by atoms with Gasteiger partial charge in [0.25, 0.3) is 0 Å². The molecule has 1 aliphatic carbocycles. The number of aliphatic hydroxyl groups excluding tert-OH is 1. The van der Waals surface area contributed by atoms with E-state index in [-0.39, 0.29) is 11.3 Å². The van der Waals surface area contributed by atoms with Crippen LogP contribution in [0.3, 0.4) is 0 Å². The maximum Gasteiger partial charge on any atom is 0.133 e. The number of aliphatic hydroxyl groups is 2. The molecule has 0 heterocycles. The summed E-state index contributed by atoms with van der Waals surface area (Å²) in [5, 5.41) is 20.1. The molecule has 0 aromatic carbocycles. The third-order valence-electron chi connectivity index (χ3n) is 3.56. The Kier molecular flexibility index (Phi) is 4.04. The van der Waals surface area contributed by atoms with Crippen LogP contribution in [0, 0.1) is 23.2 Å². The van der Waals surface area contributed by atoms with Crippen LogP contribution in [0.15, 0.2) is 0 Å². The Hall–Kier alpha value is -0.520. The summed E-state index contributed by atoms with van der Waals surface area (Å²) < 4.78 is 0. The van der Waals surface area contributed by atoms with Gasteiger partial charge < -0.3 is 10.2 Å². The van der Waals surface area contributed by atoms with E-state index in [1.807, 2.05) is 20.8 Å². The predicted molar refractivity (Wildman–Crippen MR) is 65.8 cm³/mol. The van der Waals surface area contributed by atoms with Crippen LogP contribution in [-0.2, 0) is 0 Å². The first-order valence-electron chi connectivity index (χ1n) is 6.20. The lowest BCUT2D eigenvalue weighted by atomic mass is 9.68. The van der Waals surface area contributed by atoms with Gasteiger partial charge in [-0.3, -0.25) is 0 Å². The first-order chi connectivity index (χ1) is 7.27. The van der Waals surface area contributed by atoms with Crippen molar-refractivity contribution in [2.75, 3.05) is 0 Å².